The van der Waals surface area contributed by atoms with E-state index in [1.54, 1.807) is 36.4 Å². The number of likely N-dealkylation sites (N-methyl/N-ethyl adjacent to an activating group) is 1. The first-order valence-corrected chi connectivity index (χ1v) is 7.15. The third-order valence-electron chi connectivity index (χ3n) is 2.84. The number of anilines is 1. The predicted octanol–water partition coefficient (Wildman–Crippen LogP) is 3.10. The number of aromatic nitrogens is 1. The van der Waals surface area contributed by atoms with Gasteiger partial charge in [-0.25, -0.2) is 0 Å². The summed E-state index contributed by atoms with van der Waals surface area (Å²) in [4.78, 5) is 29.3. The molecule has 1 aromatic heterocycles. The third-order valence-corrected chi connectivity index (χ3v) is 3.47. The number of carbonyl (C=O) groups excluding carboxylic acids is 2. The van der Waals surface area contributed by atoms with Crippen molar-refractivity contribution in [3.63, 3.8) is 0 Å². The molecule has 114 valence electrons. The van der Waals surface area contributed by atoms with Gasteiger partial charge in [-0.15, -0.1) is 0 Å². The van der Waals surface area contributed by atoms with Gasteiger partial charge in [0.25, 0.3) is 5.91 Å². The van der Waals surface area contributed by atoms with Crippen LogP contribution in [0.15, 0.2) is 42.6 Å². The minimum Gasteiger partial charge on any atom is -0.331 e. The molecule has 0 radical (unpaired) electrons. The fourth-order valence-electron chi connectivity index (χ4n) is 1.77. The molecule has 2 rings (SSSR count). The quantitative estimate of drug-likeness (QED) is 0.932. The number of hydrogen-bond donors (Lipinski definition) is 1. The highest BCUT2D eigenvalue weighted by atomic mass is 35.5. The highest BCUT2D eigenvalue weighted by Crippen LogP contribution is 2.29. The Labute approximate surface area is 137 Å². The number of nitrogens with one attached hydrogen (secondary N) is 1. The van der Waals surface area contributed by atoms with E-state index in [2.05, 4.69) is 10.3 Å². The molecule has 0 aliphatic rings. The van der Waals surface area contributed by atoms with E-state index in [0.29, 0.717) is 15.7 Å². The van der Waals surface area contributed by atoms with Gasteiger partial charge in [-0.3, -0.25) is 14.6 Å². The Bertz CT molecular complexity index is 672. The second-order valence-electron chi connectivity index (χ2n) is 4.52. The fraction of sp³-hybridized carbons (Fsp3) is 0.133. The van der Waals surface area contributed by atoms with Gasteiger partial charge in [0.1, 0.15) is 5.69 Å². The molecule has 0 saturated carbocycles. The van der Waals surface area contributed by atoms with E-state index in [1.807, 2.05) is 0 Å². The zero-order chi connectivity index (χ0) is 16.1. The lowest BCUT2D eigenvalue weighted by Crippen LogP contribution is -2.35. The first-order chi connectivity index (χ1) is 10.5. The van der Waals surface area contributed by atoms with Crippen LogP contribution >= 0.6 is 23.2 Å². The lowest BCUT2D eigenvalue weighted by Gasteiger charge is -2.17. The molecule has 0 saturated heterocycles. The summed E-state index contributed by atoms with van der Waals surface area (Å²) in [6.07, 6.45) is 1.52. The molecule has 2 amide bonds. The van der Waals surface area contributed by atoms with E-state index in [9.17, 15) is 9.59 Å². The number of para-hydroxylation sites is 1. The van der Waals surface area contributed by atoms with Crippen molar-refractivity contribution < 1.29 is 9.59 Å². The number of nitrogens with zero attached hydrogens (tertiary/aromatic N) is 2. The standard InChI is InChI=1S/C15H13Cl2N3O2/c1-20(15(22)12-7-2-3-8-18-12)9-13(21)19-14-10(16)5-4-6-11(14)17/h2-8H,9H2,1H3,(H,19,21). The molecule has 0 aliphatic heterocycles. The molecule has 0 spiro atoms. The second-order valence-corrected chi connectivity index (χ2v) is 5.34. The van der Waals surface area contributed by atoms with Gasteiger partial charge in [0.15, 0.2) is 0 Å². The average Bonchev–Trinajstić information content (AvgIpc) is 2.51. The summed E-state index contributed by atoms with van der Waals surface area (Å²) in [6.45, 7) is -0.142. The van der Waals surface area contributed by atoms with E-state index < -0.39 is 5.91 Å². The summed E-state index contributed by atoms with van der Waals surface area (Å²) in [5.41, 5.74) is 0.600. The van der Waals surface area contributed by atoms with Crippen LogP contribution in [-0.2, 0) is 4.79 Å². The van der Waals surface area contributed by atoms with Gasteiger partial charge in [0.2, 0.25) is 5.91 Å². The SMILES string of the molecule is CN(CC(=O)Nc1c(Cl)cccc1Cl)C(=O)c1ccccn1. The summed E-state index contributed by atoms with van der Waals surface area (Å²) in [6, 6.07) is 9.91. The molecule has 0 aliphatic carbocycles. The highest BCUT2D eigenvalue weighted by molar-refractivity contribution is 6.39. The maximum Gasteiger partial charge on any atom is 0.272 e. The van der Waals surface area contributed by atoms with Crippen molar-refractivity contribution in [1.82, 2.24) is 9.88 Å². The molecule has 0 atom stereocenters. The maximum absolute atomic E-state index is 12.1. The Hall–Kier alpha value is -2.11. The van der Waals surface area contributed by atoms with E-state index in [1.165, 1.54) is 18.1 Å². The minimum atomic E-state index is -0.401. The summed E-state index contributed by atoms with van der Waals surface area (Å²) >= 11 is 12.0. The van der Waals surface area contributed by atoms with Crippen LogP contribution in [-0.4, -0.2) is 35.3 Å². The monoisotopic (exact) mass is 337 g/mol. The Morgan fingerprint density at radius 1 is 1.14 bits per heavy atom. The third kappa shape index (κ3) is 3.96. The molecule has 1 aromatic carbocycles. The summed E-state index contributed by atoms with van der Waals surface area (Å²) in [5.74, 6) is -0.747. The van der Waals surface area contributed by atoms with Gasteiger partial charge < -0.3 is 10.2 Å². The molecule has 2 aromatic rings. The molecule has 5 nitrogen and oxygen atoms in total. The van der Waals surface area contributed by atoms with Crippen LogP contribution in [0, 0.1) is 0 Å². The van der Waals surface area contributed by atoms with Crippen molar-refractivity contribution in [2.24, 2.45) is 0 Å². The largest absolute Gasteiger partial charge is 0.331 e. The zero-order valence-corrected chi connectivity index (χ0v) is 13.2. The summed E-state index contributed by atoms with van der Waals surface area (Å²) < 4.78 is 0. The van der Waals surface area contributed by atoms with Crippen molar-refractivity contribution >= 4 is 40.7 Å². The van der Waals surface area contributed by atoms with Crippen LogP contribution in [0.5, 0.6) is 0 Å². The predicted molar refractivity (Wildman–Crippen MR) is 86.3 cm³/mol. The highest BCUT2D eigenvalue weighted by Gasteiger charge is 2.17. The molecule has 0 unspecified atom stereocenters. The lowest BCUT2D eigenvalue weighted by molar-refractivity contribution is -0.116. The van der Waals surface area contributed by atoms with Crippen LogP contribution in [0.25, 0.3) is 0 Å². The molecule has 1 N–H and O–H groups in total. The lowest BCUT2D eigenvalue weighted by atomic mass is 10.3. The van der Waals surface area contributed by atoms with E-state index in [-0.39, 0.29) is 18.1 Å². The van der Waals surface area contributed by atoms with Gasteiger partial charge in [0, 0.05) is 13.2 Å². The number of amides is 2. The smallest absolute Gasteiger partial charge is 0.272 e. The molecule has 22 heavy (non-hydrogen) atoms. The number of pyridine rings is 1. The Morgan fingerprint density at radius 2 is 1.82 bits per heavy atom. The van der Waals surface area contributed by atoms with Crippen LogP contribution in [0.3, 0.4) is 0 Å². The molecular formula is C15H13Cl2N3O2. The molecule has 0 fully saturated rings. The first kappa shape index (κ1) is 16.3. The Kier molecular flexibility index (Phi) is 5.35. The zero-order valence-electron chi connectivity index (χ0n) is 11.7. The molecular weight excluding hydrogens is 325 g/mol. The normalized spacial score (nSPS) is 10.1. The number of halogens is 2. The number of benzene rings is 1. The van der Waals surface area contributed by atoms with Crippen LogP contribution in [0.1, 0.15) is 10.5 Å². The van der Waals surface area contributed by atoms with Gasteiger partial charge >= 0.3 is 0 Å². The van der Waals surface area contributed by atoms with Crippen molar-refractivity contribution in [2.75, 3.05) is 18.9 Å². The second kappa shape index (κ2) is 7.24. The van der Waals surface area contributed by atoms with Crippen molar-refractivity contribution in [3.05, 3.63) is 58.3 Å². The van der Waals surface area contributed by atoms with Gasteiger partial charge in [-0.1, -0.05) is 35.3 Å². The van der Waals surface area contributed by atoms with Crippen LogP contribution < -0.4 is 5.32 Å². The number of hydrogen-bond acceptors (Lipinski definition) is 3. The summed E-state index contributed by atoms with van der Waals surface area (Å²) in [5, 5.41) is 3.26. The van der Waals surface area contributed by atoms with Gasteiger partial charge in [-0.2, -0.15) is 0 Å². The van der Waals surface area contributed by atoms with Crippen LogP contribution in [0.2, 0.25) is 10.0 Å². The van der Waals surface area contributed by atoms with Gasteiger partial charge in [0.05, 0.1) is 22.3 Å². The Morgan fingerprint density at radius 3 is 2.41 bits per heavy atom. The molecule has 1 heterocycles. The van der Waals surface area contributed by atoms with E-state index in [4.69, 9.17) is 23.2 Å². The fourth-order valence-corrected chi connectivity index (χ4v) is 2.26. The molecule has 0 bridgehead atoms. The van der Waals surface area contributed by atoms with Crippen LogP contribution in [0.4, 0.5) is 5.69 Å². The van der Waals surface area contributed by atoms with Crippen molar-refractivity contribution in [2.45, 2.75) is 0 Å². The molecule has 7 heteroatoms. The van der Waals surface area contributed by atoms with E-state index in [0.717, 1.165) is 0 Å². The van der Waals surface area contributed by atoms with E-state index >= 15 is 0 Å². The average molecular weight is 338 g/mol. The minimum absolute atomic E-state index is 0.142. The maximum atomic E-state index is 12.1. The van der Waals surface area contributed by atoms with Crippen molar-refractivity contribution in [3.8, 4) is 0 Å². The topological polar surface area (TPSA) is 62.3 Å². The number of rotatable bonds is 4. The Balaban J connectivity index is 2.01. The first-order valence-electron chi connectivity index (χ1n) is 6.39. The number of carbonyl (C=O) groups is 2. The van der Waals surface area contributed by atoms with Gasteiger partial charge in [-0.05, 0) is 24.3 Å². The summed E-state index contributed by atoms with van der Waals surface area (Å²) in [7, 11) is 1.52. The van der Waals surface area contributed by atoms with Crippen molar-refractivity contribution in [1.29, 1.82) is 0 Å².